The largest absolute Gasteiger partial charge is 0.265 e. The second-order valence-corrected chi connectivity index (χ2v) is 3.39. The minimum Gasteiger partial charge on any atom is -0.258 e. The first-order valence-electron chi connectivity index (χ1n) is 3.99. The Morgan fingerprint density at radius 3 is 2.67 bits per heavy atom. The molecule has 0 bridgehead atoms. The first kappa shape index (κ1) is 12.2. The van der Waals surface area contributed by atoms with E-state index in [9.17, 15) is 8.78 Å². The van der Waals surface area contributed by atoms with Crippen LogP contribution in [0.3, 0.4) is 0 Å². The number of aromatic nitrogens is 1. The van der Waals surface area contributed by atoms with Crippen LogP contribution in [0.5, 0.6) is 0 Å². The van der Waals surface area contributed by atoms with Crippen LogP contribution < -0.4 is 0 Å². The average molecular weight is 251 g/mol. The molecule has 0 aliphatic carbocycles. The number of nitriles is 1. The van der Waals surface area contributed by atoms with Gasteiger partial charge in [-0.2, -0.15) is 5.26 Å². The van der Waals surface area contributed by atoms with E-state index in [1.165, 1.54) is 0 Å². The lowest BCUT2D eigenvalue weighted by Gasteiger charge is -2.11. The molecule has 0 radical (unpaired) electrons. The number of rotatable bonds is 3. The fraction of sp³-hybridized carbons (Fsp3) is 0.333. The van der Waals surface area contributed by atoms with Gasteiger partial charge in [-0.05, 0) is 5.56 Å². The van der Waals surface area contributed by atoms with Crippen molar-refractivity contribution in [3.8, 4) is 6.07 Å². The number of nitrogens with zero attached hydrogens (tertiary/aromatic N) is 2. The van der Waals surface area contributed by atoms with Crippen molar-refractivity contribution in [3.63, 3.8) is 0 Å². The number of alkyl halides is 3. The minimum absolute atomic E-state index is 0.0566. The zero-order valence-corrected chi connectivity index (χ0v) is 8.99. The maximum absolute atomic E-state index is 12.6. The summed E-state index contributed by atoms with van der Waals surface area (Å²) in [5, 5.41) is 8.36. The van der Waals surface area contributed by atoms with Gasteiger partial charge in [0.1, 0.15) is 0 Å². The normalized spacial score (nSPS) is 10.4. The first-order valence-corrected chi connectivity index (χ1v) is 4.90. The molecule has 0 saturated carbocycles. The van der Waals surface area contributed by atoms with Crippen molar-refractivity contribution in [2.45, 2.75) is 18.7 Å². The highest BCUT2D eigenvalue weighted by Crippen LogP contribution is 2.32. The van der Waals surface area contributed by atoms with Gasteiger partial charge < -0.3 is 0 Å². The first-order chi connectivity index (χ1) is 7.11. The Morgan fingerprint density at radius 1 is 1.53 bits per heavy atom. The highest BCUT2D eigenvalue weighted by molar-refractivity contribution is 6.31. The van der Waals surface area contributed by atoms with Crippen molar-refractivity contribution < 1.29 is 8.78 Å². The minimum atomic E-state index is -2.72. The van der Waals surface area contributed by atoms with Gasteiger partial charge in [0.25, 0.3) is 6.43 Å². The van der Waals surface area contributed by atoms with Gasteiger partial charge in [-0.3, -0.25) is 4.98 Å². The van der Waals surface area contributed by atoms with E-state index in [2.05, 4.69) is 4.98 Å². The van der Waals surface area contributed by atoms with Crippen LogP contribution in [0.25, 0.3) is 0 Å². The van der Waals surface area contributed by atoms with Gasteiger partial charge in [-0.15, -0.1) is 11.6 Å². The third kappa shape index (κ3) is 2.55. The van der Waals surface area contributed by atoms with Crippen molar-refractivity contribution in [1.82, 2.24) is 4.98 Å². The Balaban J connectivity index is 3.34. The monoisotopic (exact) mass is 250 g/mol. The summed E-state index contributed by atoms with van der Waals surface area (Å²) in [6.45, 7) is 0. The molecule has 0 aromatic carbocycles. The van der Waals surface area contributed by atoms with Crippen LogP contribution in [0.15, 0.2) is 6.20 Å². The summed E-state index contributed by atoms with van der Waals surface area (Å²) in [5.74, 6) is -0.135. The van der Waals surface area contributed by atoms with E-state index in [1.54, 1.807) is 0 Å². The molecule has 1 heterocycles. The van der Waals surface area contributed by atoms with Crippen molar-refractivity contribution >= 4 is 23.2 Å². The lowest BCUT2D eigenvalue weighted by atomic mass is 10.1. The van der Waals surface area contributed by atoms with Crippen LogP contribution in [-0.2, 0) is 12.3 Å². The molecule has 6 heteroatoms. The molecule has 0 unspecified atom stereocenters. The molecule has 0 aliphatic rings. The van der Waals surface area contributed by atoms with Crippen molar-refractivity contribution in [2.24, 2.45) is 0 Å². The summed E-state index contributed by atoms with van der Waals surface area (Å²) in [5.41, 5.74) is 0.0832. The molecular weight excluding hydrogens is 245 g/mol. The van der Waals surface area contributed by atoms with E-state index in [1.807, 2.05) is 6.07 Å². The fourth-order valence-electron chi connectivity index (χ4n) is 1.19. The van der Waals surface area contributed by atoms with Gasteiger partial charge in [0.15, 0.2) is 0 Å². The molecule has 0 saturated heterocycles. The van der Waals surface area contributed by atoms with E-state index in [-0.39, 0.29) is 34.1 Å². The molecule has 80 valence electrons. The molecule has 0 spiro atoms. The highest BCUT2D eigenvalue weighted by atomic mass is 35.5. The van der Waals surface area contributed by atoms with Gasteiger partial charge in [0.05, 0.1) is 23.2 Å². The van der Waals surface area contributed by atoms with Crippen LogP contribution in [-0.4, -0.2) is 4.98 Å². The fourth-order valence-corrected chi connectivity index (χ4v) is 1.74. The maximum Gasteiger partial charge on any atom is 0.265 e. The van der Waals surface area contributed by atoms with Gasteiger partial charge in [-0.1, -0.05) is 11.6 Å². The number of halogens is 4. The van der Waals surface area contributed by atoms with E-state index in [0.717, 1.165) is 6.20 Å². The van der Waals surface area contributed by atoms with Gasteiger partial charge >= 0.3 is 0 Å². The summed E-state index contributed by atoms with van der Waals surface area (Å²) in [6, 6.07) is 1.84. The summed E-state index contributed by atoms with van der Waals surface area (Å²) >= 11 is 11.1. The lowest BCUT2D eigenvalue weighted by molar-refractivity contribution is 0.150. The lowest BCUT2D eigenvalue weighted by Crippen LogP contribution is -2.02. The third-order valence-corrected chi connectivity index (χ3v) is 2.43. The number of hydrogen-bond acceptors (Lipinski definition) is 2. The molecule has 0 fully saturated rings. The van der Waals surface area contributed by atoms with Crippen LogP contribution in [0.4, 0.5) is 8.78 Å². The zero-order valence-electron chi connectivity index (χ0n) is 7.48. The molecule has 1 aromatic heterocycles. The Labute approximate surface area is 95.4 Å². The molecule has 0 amide bonds. The van der Waals surface area contributed by atoms with E-state index < -0.39 is 6.43 Å². The Hall–Kier alpha value is -0.920. The molecule has 1 rings (SSSR count). The Bertz CT molecular complexity index is 402. The summed E-state index contributed by atoms with van der Waals surface area (Å²) < 4.78 is 25.3. The SMILES string of the molecule is N#CCc1ncc(Cl)c(C(F)F)c1CCl. The molecule has 0 N–H and O–H groups in total. The van der Waals surface area contributed by atoms with Crippen molar-refractivity contribution in [2.75, 3.05) is 0 Å². The predicted octanol–water partition coefficient (Wildman–Crippen LogP) is 3.48. The molecule has 15 heavy (non-hydrogen) atoms. The average Bonchev–Trinajstić information content (AvgIpc) is 2.19. The van der Waals surface area contributed by atoms with E-state index >= 15 is 0 Å². The van der Waals surface area contributed by atoms with Crippen molar-refractivity contribution in [3.05, 3.63) is 28.0 Å². The van der Waals surface area contributed by atoms with Crippen molar-refractivity contribution in [1.29, 1.82) is 5.26 Å². The smallest absolute Gasteiger partial charge is 0.258 e. The Kier molecular flexibility index (Phi) is 4.25. The Morgan fingerprint density at radius 2 is 2.20 bits per heavy atom. The molecular formula is C9H6Cl2F2N2. The van der Waals surface area contributed by atoms with E-state index in [0.29, 0.717) is 0 Å². The summed E-state index contributed by atoms with van der Waals surface area (Å²) in [7, 11) is 0. The summed E-state index contributed by atoms with van der Waals surface area (Å²) in [6.07, 6.45) is -1.66. The molecule has 1 aromatic rings. The quantitative estimate of drug-likeness (QED) is 0.771. The summed E-state index contributed by atoms with van der Waals surface area (Å²) in [4.78, 5) is 3.81. The number of hydrogen-bond donors (Lipinski definition) is 0. The second kappa shape index (κ2) is 5.24. The second-order valence-electron chi connectivity index (χ2n) is 2.71. The highest BCUT2D eigenvalue weighted by Gasteiger charge is 2.20. The van der Waals surface area contributed by atoms with Gasteiger partial charge in [-0.25, -0.2) is 8.78 Å². The van der Waals surface area contributed by atoms with E-state index in [4.69, 9.17) is 28.5 Å². The predicted molar refractivity (Wildman–Crippen MR) is 53.1 cm³/mol. The van der Waals surface area contributed by atoms with Gasteiger partial charge in [0.2, 0.25) is 0 Å². The van der Waals surface area contributed by atoms with Crippen LogP contribution in [0.1, 0.15) is 23.2 Å². The topological polar surface area (TPSA) is 36.7 Å². The maximum atomic E-state index is 12.6. The standard InChI is InChI=1S/C9H6Cl2F2N2/c10-3-5-7(1-2-14)15-4-6(11)8(5)9(12)13/h4,9H,1,3H2. The number of pyridine rings is 1. The van der Waals surface area contributed by atoms with Gasteiger partial charge in [0, 0.05) is 17.6 Å². The van der Waals surface area contributed by atoms with Crippen LogP contribution in [0, 0.1) is 11.3 Å². The molecule has 0 aliphatic heterocycles. The molecule has 2 nitrogen and oxygen atoms in total. The van der Waals surface area contributed by atoms with Crippen LogP contribution >= 0.6 is 23.2 Å². The molecule has 0 atom stereocenters. The van der Waals surface area contributed by atoms with Crippen LogP contribution in [0.2, 0.25) is 5.02 Å². The zero-order chi connectivity index (χ0) is 11.4. The third-order valence-electron chi connectivity index (χ3n) is 1.86.